The smallest absolute Gasteiger partial charge is 0.150 e. The summed E-state index contributed by atoms with van der Waals surface area (Å²) >= 11 is 0. The van der Waals surface area contributed by atoms with Gasteiger partial charge in [-0.15, -0.1) is 0 Å². The van der Waals surface area contributed by atoms with Gasteiger partial charge in [-0.25, -0.2) is 0 Å². The van der Waals surface area contributed by atoms with Crippen molar-refractivity contribution in [3.8, 4) is 0 Å². The van der Waals surface area contributed by atoms with Gasteiger partial charge in [0, 0.05) is 0 Å². The molecule has 0 amide bonds. The zero-order valence-electron chi connectivity index (χ0n) is 10.0. The lowest BCUT2D eigenvalue weighted by Gasteiger charge is -2.35. The summed E-state index contributed by atoms with van der Waals surface area (Å²) in [4.78, 5) is 0. The third kappa shape index (κ3) is 3.97. The highest BCUT2D eigenvalue weighted by Crippen LogP contribution is 2.10. The molecule has 0 heterocycles. The van der Waals surface area contributed by atoms with Crippen LogP contribution in [0.2, 0.25) is 0 Å². The number of nitrogens with zero attached hydrogens (tertiary/aromatic N) is 1. The number of quaternary nitrogens is 1. The van der Waals surface area contributed by atoms with Gasteiger partial charge in [0.1, 0.15) is 6.54 Å². The molecule has 0 saturated carbocycles. The molecule has 0 spiro atoms. The van der Waals surface area contributed by atoms with Crippen LogP contribution in [0.1, 0.15) is 27.7 Å². The predicted molar refractivity (Wildman–Crippen MR) is 61.8 cm³/mol. The Labute approximate surface area is 88.5 Å². The summed E-state index contributed by atoms with van der Waals surface area (Å²) in [7, 11) is 0. The first-order valence-corrected chi connectivity index (χ1v) is 5.44. The molecule has 0 radical (unpaired) electrons. The van der Waals surface area contributed by atoms with Gasteiger partial charge in [-0.05, 0) is 27.7 Å². The summed E-state index contributed by atoms with van der Waals surface area (Å²) in [6, 6.07) is 0. The predicted octanol–water partition coefficient (Wildman–Crippen LogP) is 2.93. The molecule has 2 heteroatoms. The number of rotatable bonds is 7. The molecule has 0 aliphatic heterocycles. The Morgan fingerprint density at radius 3 is 2.07 bits per heavy atom. The molecular weight excluding hydrogens is 174 g/mol. The lowest BCUT2D eigenvalue weighted by molar-refractivity contribution is -0.919. The second-order valence-electron chi connectivity index (χ2n) is 3.57. The van der Waals surface area contributed by atoms with Crippen LogP contribution in [0, 0.1) is 0 Å². The molecule has 0 aliphatic carbocycles. The maximum Gasteiger partial charge on any atom is 0.150 e. The minimum atomic E-state index is 0.855. The molecule has 0 saturated heterocycles. The molecule has 0 aromatic carbocycles. The van der Waals surface area contributed by atoms with Crippen LogP contribution in [0.25, 0.3) is 0 Å². The number of ether oxygens (including phenoxy) is 1. The van der Waals surface area contributed by atoms with Gasteiger partial charge >= 0.3 is 0 Å². The zero-order chi connectivity index (χ0) is 11.0. The summed E-state index contributed by atoms with van der Waals surface area (Å²) < 4.78 is 6.41. The molecule has 0 atom stereocenters. The highest BCUT2D eigenvalue weighted by atomic mass is 16.5. The molecule has 0 rings (SSSR count). The van der Waals surface area contributed by atoms with Gasteiger partial charge in [-0.3, -0.25) is 0 Å². The summed E-state index contributed by atoms with van der Waals surface area (Å²) in [5.74, 6) is 0.855. The molecule has 0 fully saturated rings. The fraction of sp³-hybridized carbons (Fsp3) is 0.667. The van der Waals surface area contributed by atoms with Crippen molar-refractivity contribution in [2.45, 2.75) is 27.7 Å². The van der Waals surface area contributed by atoms with Crippen molar-refractivity contribution in [1.82, 2.24) is 0 Å². The second-order valence-corrected chi connectivity index (χ2v) is 3.57. The minimum Gasteiger partial charge on any atom is -0.464 e. The van der Waals surface area contributed by atoms with Crippen molar-refractivity contribution in [1.29, 1.82) is 0 Å². The Bertz CT molecular complexity index is 184. The standard InChI is InChI=1S/C12H24NO/c1-6-10-14-12(5)11-13(7-2,8-3)9-4/h6,10H,5,7-9,11H2,1-4H3/q+1/b10-6-. The second kappa shape index (κ2) is 6.66. The Balaban J connectivity index is 4.22. The molecule has 14 heavy (non-hydrogen) atoms. The molecule has 2 nitrogen and oxygen atoms in total. The van der Waals surface area contributed by atoms with Crippen molar-refractivity contribution in [3.05, 3.63) is 24.7 Å². The van der Waals surface area contributed by atoms with Gasteiger partial charge in [-0.1, -0.05) is 12.7 Å². The van der Waals surface area contributed by atoms with Gasteiger partial charge in [0.05, 0.1) is 25.9 Å². The average Bonchev–Trinajstić information content (AvgIpc) is 2.23. The van der Waals surface area contributed by atoms with E-state index in [1.54, 1.807) is 6.26 Å². The largest absolute Gasteiger partial charge is 0.464 e. The maximum absolute atomic E-state index is 5.36. The van der Waals surface area contributed by atoms with E-state index < -0.39 is 0 Å². The van der Waals surface area contributed by atoms with E-state index in [9.17, 15) is 0 Å². The van der Waals surface area contributed by atoms with E-state index in [4.69, 9.17) is 4.74 Å². The van der Waals surface area contributed by atoms with Crippen LogP contribution in [0.5, 0.6) is 0 Å². The molecule has 0 aliphatic rings. The summed E-state index contributed by atoms with van der Waals surface area (Å²) in [5, 5.41) is 0. The van der Waals surface area contributed by atoms with Crippen LogP contribution >= 0.6 is 0 Å². The average molecular weight is 198 g/mol. The van der Waals surface area contributed by atoms with Crippen molar-refractivity contribution in [2.75, 3.05) is 26.2 Å². The maximum atomic E-state index is 5.36. The van der Waals surface area contributed by atoms with Crippen LogP contribution in [0.4, 0.5) is 0 Å². The normalized spacial score (nSPS) is 12.0. The number of likely N-dealkylation sites (N-methyl/N-ethyl adjacent to an activating group) is 1. The van der Waals surface area contributed by atoms with Gasteiger partial charge in [-0.2, -0.15) is 0 Å². The fourth-order valence-electron chi connectivity index (χ4n) is 1.58. The lowest BCUT2D eigenvalue weighted by atomic mass is 10.3. The van der Waals surface area contributed by atoms with Gasteiger partial charge in [0.15, 0.2) is 5.76 Å². The monoisotopic (exact) mass is 198 g/mol. The summed E-state index contributed by atoms with van der Waals surface area (Å²) in [6.45, 7) is 16.8. The first-order valence-electron chi connectivity index (χ1n) is 5.44. The third-order valence-electron chi connectivity index (χ3n) is 2.90. The Hall–Kier alpha value is -0.760. The van der Waals surface area contributed by atoms with E-state index in [2.05, 4.69) is 27.4 Å². The van der Waals surface area contributed by atoms with Crippen molar-refractivity contribution in [2.24, 2.45) is 0 Å². The van der Waals surface area contributed by atoms with Crippen LogP contribution in [-0.4, -0.2) is 30.7 Å². The molecule has 0 bridgehead atoms. The van der Waals surface area contributed by atoms with Crippen molar-refractivity contribution in [3.63, 3.8) is 0 Å². The molecule has 82 valence electrons. The van der Waals surface area contributed by atoms with E-state index in [1.165, 1.54) is 0 Å². The molecule has 0 aromatic heterocycles. The zero-order valence-corrected chi connectivity index (χ0v) is 10.0. The highest BCUT2D eigenvalue weighted by molar-refractivity contribution is 4.86. The van der Waals surface area contributed by atoms with Crippen LogP contribution in [0.3, 0.4) is 0 Å². The number of hydrogen-bond acceptors (Lipinski definition) is 1. The van der Waals surface area contributed by atoms with E-state index in [-0.39, 0.29) is 0 Å². The molecule has 0 N–H and O–H groups in total. The van der Waals surface area contributed by atoms with Crippen LogP contribution in [-0.2, 0) is 4.74 Å². The van der Waals surface area contributed by atoms with Crippen molar-refractivity contribution < 1.29 is 9.22 Å². The number of allylic oxidation sites excluding steroid dienone is 1. The molecule has 0 unspecified atom stereocenters. The van der Waals surface area contributed by atoms with E-state index in [0.29, 0.717) is 0 Å². The van der Waals surface area contributed by atoms with Gasteiger partial charge in [0.2, 0.25) is 0 Å². The van der Waals surface area contributed by atoms with Crippen LogP contribution < -0.4 is 0 Å². The van der Waals surface area contributed by atoms with Gasteiger partial charge < -0.3 is 9.22 Å². The van der Waals surface area contributed by atoms with E-state index in [0.717, 1.165) is 36.4 Å². The Morgan fingerprint density at radius 1 is 1.21 bits per heavy atom. The van der Waals surface area contributed by atoms with Gasteiger partial charge in [0.25, 0.3) is 0 Å². The lowest BCUT2D eigenvalue weighted by Crippen LogP contribution is -2.48. The van der Waals surface area contributed by atoms with Crippen LogP contribution in [0.15, 0.2) is 24.7 Å². The quantitative estimate of drug-likeness (QED) is 0.451. The first kappa shape index (κ1) is 13.2. The summed E-state index contributed by atoms with van der Waals surface area (Å²) in [5.41, 5.74) is 0. The Kier molecular flexibility index (Phi) is 6.30. The third-order valence-corrected chi connectivity index (χ3v) is 2.90. The minimum absolute atomic E-state index is 0.855. The molecular formula is C12H24NO+. The van der Waals surface area contributed by atoms with E-state index in [1.807, 2.05) is 13.0 Å². The Morgan fingerprint density at radius 2 is 1.71 bits per heavy atom. The SMILES string of the molecule is C=C(C[N+](CC)(CC)CC)O/C=C\C. The van der Waals surface area contributed by atoms with E-state index >= 15 is 0 Å². The van der Waals surface area contributed by atoms with Crippen molar-refractivity contribution >= 4 is 0 Å². The number of hydrogen-bond donors (Lipinski definition) is 0. The summed E-state index contributed by atoms with van der Waals surface area (Å²) in [6.07, 6.45) is 3.57. The first-order chi connectivity index (χ1) is 6.64. The topological polar surface area (TPSA) is 9.23 Å². The fourth-order valence-corrected chi connectivity index (χ4v) is 1.58. The molecule has 0 aromatic rings. The highest BCUT2D eigenvalue weighted by Gasteiger charge is 2.22.